The largest absolute Gasteiger partial charge is 0.396 e. The monoisotopic (exact) mass is 263 g/mol. The van der Waals surface area contributed by atoms with Crippen LogP contribution >= 0.6 is 0 Å². The van der Waals surface area contributed by atoms with Gasteiger partial charge in [0.05, 0.1) is 0 Å². The first kappa shape index (κ1) is 14.1. The Morgan fingerprint density at radius 2 is 1.95 bits per heavy atom. The topological polar surface area (TPSA) is 57.2 Å². The van der Waals surface area contributed by atoms with Crippen molar-refractivity contribution >= 4 is 11.6 Å². The number of hydrogen-bond acceptors (Lipinski definition) is 4. The van der Waals surface area contributed by atoms with Crippen LogP contribution in [0.3, 0.4) is 0 Å². The number of hydrogen-bond donors (Lipinski definition) is 3. The van der Waals surface area contributed by atoms with E-state index in [1.807, 2.05) is 18.2 Å². The SMILES string of the molecule is CCCNc1cccc(NCC2CCCC2CO)n1. The summed E-state index contributed by atoms with van der Waals surface area (Å²) >= 11 is 0. The van der Waals surface area contributed by atoms with Crippen LogP contribution in [0.4, 0.5) is 11.6 Å². The Balaban J connectivity index is 1.85. The molecule has 106 valence electrons. The number of rotatable bonds is 7. The number of anilines is 2. The smallest absolute Gasteiger partial charge is 0.128 e. The summed E-state index contributed by atoms with van der Waals surface area (Å²) in [6, 6.07) is 6.01. The van der Waals surface area contributed by atoms with Crippen molar-refractivity contribution in [1.82, 2.24) is 4.98 Å². The number of pyridine rings is 1. The highest BCUT2D eigenvalue weighted by Crippen LogP contribution is 2.31. The van der Waals surface area contributed by atoms with Crippen LogP contribution in [0.15, 0.2) is 18.2 Å². The van der Waals surface area contributed by atoms with Gasteiger partial charge in [0.15, 0.2) is 0 Å². The highest BCUT2D eigenvalue weighted by molar-refractivity contribution is 5.45. The first-order valence-electron chi connectivity index (χ1n) is 7.39. The van der Waals surface area contributed by atoms with Crippen LogP contribution in [0.2, 0.25) is 0 Å². The number of aliphatic hydroxyl groups is 1. The minimum atomic E-state index is 0.317. The lowest BCUT2D eigenvalue weighted by molar-refractivity contribution is 0.199. The first-order valence-corrected chi connectivity index (χ1v) is 7.39. The molecule has 1 saturated carbocycles. The number of aliphatic hydroxyl groups excluding tert-OH is 1. The van der Waals surface area contributed by atoms with Crippen LogP contribution in [-0.2, 0) is 0 Å². The van der Waals surface area contributed by atoms with Gasteiger partial charge in [0, 0.05) is 19.7 Å². The van der Waals surface area contributed by atoms with E-state index in [2.05, 4.69) is 22.5 Å². The van der Waals surface area contributed by atoms with Crippen LogP contribution < -0.4 is 10.6 Å². The van der Waals surface area contributed by atoms with E-state index in [-0.39, 0.29) is 0 Å². The third-order valence-corrected chi connectivity index (χ3v) is 3.90. The Morgan fingerprint density at radius 3 is 2.68 bits per heavy atom. The van der Waals surface area contributed by atoms with E-state index in [1.165, 1.54) is 12.8 Å². The van der Waals surface area contributed by atoms with Gasteiger partial charge in [0.1, 0.15) is 11.6 Å². The zero-order valence-electron chi connectivity index (χ0n) is 11.7. The second kappa shape index (κ2) is 7.34. The van der Waals surface area contributed by atoms with Crippen LogP contribution in [0.5, 0.6) is 0 Å². The lowest BCUT2D eigenvalue weighted by Crippen LogP contribution is -2.21. The molecule has 0 bridgehead atoms. The normalized spacial score (nSPS) is 22.4. The van der Waals surface area contributed by atoms with Gasteiger partial charge in [-0.3, -0.25) is 0 Å². The third kappa shape index (κ3) is 4.10. The van der Waals surface area contributed by atoms with Gasteiger partial charge in [0.25, 0.3) is 0 Å². The molecule has 0 aromatic carbocycles. The molecule has 1 aliphatic rings. The predicted octanol–water partition coefficient (Wildman–Crippen LogP) is 2.72. The average Bonchev–Trinajstić information content (AvgIpc) is 2.91. The van der Waals surface area contributed by atoms with E-state index in [0.717, 1.165) is 37.6 Å². The highest BCUT2D eigenvalue weighted by Gasteiger charge is 2.26. The van der Waals surface area contributed by atoms with E-state index in [1.54, 1.807) is 0 Å². The Hall–Kier alpha value is -1.29. The summed E-state index contributed by atoms with van der Waals surface area (Å²) in [5.41, 5.74) is 0. The number of nitrogens with zero attached hydrogens (tertiary/aromatic N) is 1. The molecular formula is C15H25N3O. The molecule has 0 saturated heterocycles. The molecule has 1 aromatic heterocycles. The van der Waals surface area contributed by atoms with Crippen molar-refractivity contribution in [3.8, 4) is 0 Å². The van der Waals surface area contributed by atoms with E-state index in [4.69, 9.17) is 0 Å². The fraction of sp³-hybridized carbons (Fsp3) is 0.667. The fourth-order valence-corrected chi connectivity index (χ4v) is 2.74. The van der Waals surface area contributed by atoms with Crippen LogP contribution in [0.25, 0.3) is 0 Å². The first-order chi connectivity index (χ1) is 9.33. The summed E-state index contributed by atoms with van der Waals surface area (Å²) in [5, 5.41) is 16.0. The summed E-state index contributed by atoms with van der Waals surface area (Å²) in [7, 11) is 0. The maximum Gasteiger partial charge on any atom is 0.128 e. The zero-order valence-corrected chi connectivity index (χ0v) is 11.7. The Morgan fingerprint density at radius 1 is 1.21 bits per heavy atom. The van der Waals surface area contributed by atoms with Crippen molar-refractivity contribution in [3.05, 3.63) is 18.2 Å². The Bertz CT molecular complexity index is 383. The maximum atomic E-state index is 9.32. The van der Waals surface area contributed by atoms with E-state index >= 15 is 0 Å². The van der Waals surface area contributed by atoms with Crippen molar-refractivity contribution in [2.45, 2.75) is 32.6 Å². The second-order valence-electron chi connectivity index (χ2n) is 5.35. The average molecular weight is 263 g/mol. The van der Waals surface area contributed by atoms with Crippen molar-refractivity contribution in [1.29, 1.82) is 0 Å². The van der Waals surface area contributed by atoms with Gasteiger partial charge in [0.2, 0.25) is 0 Å². The molecule has 0 aliphatic heterocycles. The van der Waals surface area contributed by atoms with Gasteiger partial charge >= 0.3 is 0 Å². The molecular weight excluding hydrogens is 238 g/mol. The quantitative estimate of drug-likeness (QED) is 0.708. The Labute approximate surface area is 115 Å². The van der Waals surface area contributed by atoms with Crippen molar-refractivity contribution in [2.24, 2.45) is 11.8 Å². The number of aromatic nitrogens is 1. The molecule has 2 rings (SSSR count). The van der Waals surface area contributed by atoms with E-state index in [9.17, 15) is 5.11 Å². The Kier molecular flexibility index (Phi) is 5.45. The van der Waals surface area contributed by atoms with E-state index < -0.39 is 0 Å². The van der Waals surface area contributed by atoms with Crippen LogP contribution in [-0.4, -0.2) is 29.8 Å². The van der Waals surface area contributed by atoms with Gasteiger partial charge in [-0.2, -0.15) is 0 Å². The molecule has 2 unspecified atom stereocenters. The standard InChI is InChI=1S/C15H25N3O/c1-2-9-16-14-7-4-8-15(18-14)17-10-12-5-3-6-13(12)11-19/h4,7-8,12-13,19H,2-3,5-6,9-11H2,1H3,(H2,16,17,18). The summed E-state index contributed by atoms with van der Waals surface area (Å²) in [4.78, 5) is 4.54. The molecule has 1 aliphatic carbocycles. The molecule has 0 amide bonds. The van der Waals surface area contributed by atoms with Gasteiger partial charge in [-0.1, -0.05) is 19.4 Å². The molecule has 1 aromatic rings. The van der Waals surface area contributed by atoms with Crippen molar-refractivity contribution < 1.29 is 5.11 Å². The summed E-state index contributed by atoms with van der Waals surface area (Å²) in [6.07, 6.45) is 4.71. The lowest BCUT2D eigenvalue weighted by atomic mass is 9.97. The maximum absolute atomic E-state index is 9.32. The van der Waals surface area contributed by atoms with Crippen molar-refractivity contribution in [2.75, 3.05) is 30.3 Å². The molecule has 2 atom stereocenters. The molecule has 19 heavy (non-hydrogen) atoms. The van der Waals surface area contributed by atoms with E-state index in [0.29, 0.717) is 18.4 Å². The fourth-order valence-electron chi connectivity index (χ4n) is 2.74. The van der Waals surface area contributed by atoms with Gasteiger partial charge in [-0.25, -0.2) is 4.98 Å². The van der Waals surface area contributed by atoms with Crippen molar-refractivity contribution in [3.63, 3.8) is 0 Å². The molecule has 0 spiro atoms. The molecule has 1 heterocycles. The zero-order chi connectivity index (χ0) is 13.5. The molecule has 4 heteroatoms. The van der Waals surface area contributed by atoms with Crippen LogP contribution in [0.1, 0.15) is 32.6 Å². The van der Waals surface area contributed by atoms with Gasteiger partial charge < -0.3 is 15.7 Å². The number of nitrogens with one attached hydrogen (secondary N) is 2. The van der Waals surface area contributed by atoms with Gasteiger partial charge in [-0.05, 0) is 43.2 Å². The lowest BCUT2D eigenvalue weighted by Gasteiger charge is -2.18. The predicted molar refractivity (Wildman–Crippen MR) is 79.4 cm³/mol. The molecule has 3 N–H and O–H groups in total. The minimum absolute atomic E-state index is 0.317. The van der Waals surface area contributed by atoms with Crippen LogP contribution in [0, 0.1) is 11.8 Å². The molecule has 4 nitrogen and oxygen atoms in total. The summed E-state index contributed by atoms with van der Waals surface area (Å²) in [5.74, 6) is 2.90. The minimum Gasteiger partial charge on any atom is -0.396 e. The molecule has 0 radical (unpaired) electrons. The molecule has 1 fully saturated rings. The third-order valence-electron chi connectivity index (χ3n) is 3.90. The highest BCUT2D eigenvalue weighted by atomic mass is 16.3. The van der Waals surface area contributed by atoms with Gasteiger partial charge in [-0.15, -0.1) is 0 Å². The summed E-state index contributed by atoms with van der Waals surface area (Å²) < 4.78 is 0. The summed E-state index contributed by atoms with van der Waals surface area (Å²) in [6.45, 7) is 4.32. The second-order valence-corrected chi connectivity index (χ2v) is 5.35.